The standard InChI is InChI=1S/C4H9O3P/c1-4(2)7-8(3,5)6/h1H2,2-3H3,(H,5,6). The van der Waals surface area contributed by atoms with Crippen molar-refractivity contribution >= 4 is 7.60 Å². The van der Waals surface area contributed by atoms with Crippen LogP contribution in [0.4, 0.5) is 0 Å². The van der Waals surface area contributed by atoms with Gasteiger partial charge in [-0.05, 0) is 6.92 Å². The summed E-state index contributed by atoms with van der Waals surface area (Å²) in [5, 5.41) is 0. The second-order valence-electron chi connectivity index (χ2n) is 1.60. The molecule has 48 valence electrons. The molecule has 3 nitrogen and oxygen atoms in total. The lowest BCUT2D eigenvalue weighted by atomic mass is 10.7. The molecule has 8 heavy (non-hydrogen) atoms. The Balaban J connectivity index is 3.74. The zero-order chi connectivity index (χ0) is 6.78. The first-order chi connectivity index (χ1) is 3.42. The van der Waals surface area contributed by atoms with Gasteiger partial charge in [-0.1, -0.05) is 6.58 Å². The number of allylic oxidation sites excluding steroid dienone is 1. The van der Waals surface area contributed by atoms with E-state index in [-0.39, 0.29) is 5.76 Å². The Morgan fingerprint density at radius 2 is 2.25 bits per heavy atom. The van der Waals surface area contributed by atoms with E-state index in [4.69, 9.17) is 4.89 Å². The first kappa shape index (κ1) is 7.73. The maximum atomic E-state index is 10.3. The molecule has 0 fully saturated rings. The molecule has 0 aromatic heterocycles. The molecule has 4 heteroatoms. The highest BCUT2D eigenvalue weighted by Crippen LogP contribution is 2.38. The van der Waals surface area contributed by atoms with Gasteiger partial charge in [0, 0.05) is 6.66 Å². The lowest BCUT2D eigenvalue weighted by Gasteiger charge is -2.05. The van der Waals surface area contributed by atoms with Gasteiger partial charge in [-0.15, -0.1) is 0 Å². The molecule has 0 aliphatic rings. The third-order valence-electron chi connectivity index (χ3n) is 0.325. The summed E-state index contributed by atoms with van der Waals surface area (Å²) >= 11 is 0. The fourth-order valence-electron chi connectivity index (χ4n) is 0.289. The molecular formula is C4H9O3P. The predicted octanol–water partition coefficient (Wildman–Crippen LogP) is 1.35. The molecule has 0 bridgehead atoms. The molecule has 0 saturated carbocycles. The van der Waals surface area contributed by atoms with E-state index >= 15 is 0 Å². The van der Waals surface area contributed by atoms with Crippen molar-refractivity contribution in [1.82, 2.24) is 0 Å². The van der Waals surface area contributed by atoms with Gasteiger partial charge in [0.1, 0.15) is 0 Å². The lowest BCUT2D eigenvalue weighted by Crippen LogP contribution is -1.81. The average Bonchev–Trinajstić information content (AvgIpc) is 1.21. The second-order valence-corrected chi connectivity index (χ2v) is 3.38. The number of rotatable bonds is 2. The van der Waals surface area contributed by atoms with Gasteiger partial charge in [0.25, 0.3) is 0 Å². The van der Waals surface area contributed by atoms with Crippen LogP contribution in [0.15, 0.2) is 12.3 Å². The van der Waals surface area contributed by atoms with Crippen molar-refractivity contribution in [3.63, 3.8) is 0 Å². The van der Waals surface area contributed by atoms with Crippen molar-refractivity contribution < 1.29 is 14.0 Å². The number of hydrogen-bond acceptors (Lipinski definition) is 2. The minimum atomic E-state index is -3.32. The van der Waals surface area contributed by atoms with Crippen LogP contribution in [0, 0.1) is 0 Å². The molecule has 0 aromatic carbocycles. The maximum Gasteiger partial charge on any atom is 0.373 e. The van der Waals surface area contributed by atoms with Gasteiger partial charge in [0.2, 0.25) is 0 Å². The topological polar surface area (TPSA) is 46.5 Å². The van der Waals surface area contributed by atoms with E-state index in [1.807, 2.05) is 0 Å². The summed E-state index contributed by atoms with van der Waals surface area (Å²) in [6.45, 7) is 5.92. The molecule has 1 unspecified atom stereocenters. The van der Waals surface area contributed by atoms with Gasteiger partial charge in [0.15, 0.2) is 0 Å². The Hall–Kier alpha value is -0.270. The summed E-state index contributed by atoms with van der Waals surface area (Å²) in [5.74, 6) is 0.262. The smallest absolute Gasteiger partial charge is 0.373 e. The van der Waals surface area contributed by atoms with E-state index in [1.165, 1.54) is 6.92 Å². The predicted molar refractivity (Wildman–Crippen MR) is 31.6 cm³/mol. The molecule has 0 saturated heterocycles. The lowest BCUT2D eigenvalue weighted by molar-refractivity contribution is 0.333. The van der Waals surface area contributed by atoms with E-state index in [2.05, 4.69) is 11.1 Å². The van der Waals surface area contributed by atoms with Crippen molar-refractivity contribution in [1.29, 1.82) is 0 Å². The quantitative estimate of drug-likeness (QED) is 0.460. The maximum absolute atomic E-state index is 10.3. The summed E-state index contributed by atoms with van der Waals surface area (Å²) in [5.41, 5.74) is 0. The Morgan fingerprint density at radius 3 is 2.25 bits per heavy atom. The Bertz CT molecular complexity index is 134. The van der Waals surface area contributed by atoms with E-state index in [1.54, 1.807) is 0 Å². The van der Waals surface area contributed by atoms with Crippen molar-refractivity contribution in [2.75, 3.05) is 6.66 Å². The van der Waals surface area contributed by atoms with E-state index < -0.39 is 7.60 Å². The van der Waals surface area contributed by atoms with Crippen molar-refractivity contribution in [3.05, 3.63) is 12.3 Å². The zero-order valence-electron chi connectivity index (χ0n) is 4.92. The minimum absolute atomic E-state index is 0.262. The molecule has 1 atom stereocenters. The van der Waals surface area contributed by atoms with Crippen LogP contribution in [-0.2, 0) is 9.09 Å². The highest BCUT2D eigenvalue weighted by molar-refractivity contribution is 7.52. The molecular weight excluding hydrogens is 127 g/mol. The highest BCUT2D eigenvalue weighted by atomic mass is 31.2. The summed E-state index contributed by atoms with van der Waals surface area (Å²) in [6, 6.07) is 0. The van der Waals surface area contributed by atoms with Gasteiger partial charge in [-0.25, -0.2) is 4.57 Å². The van der Waals surface area contributed by atoms with Crippen molar-refractivity contribution in [3.8, 4) is 0 Å². The minimum Gasteiger partial charge on any atom is -0.430 e. The largest absolute Gasteiger partial charge is 0.430 e. The molecule has 0 aromatic rings. The van der Waals surface area contributed by atoms with Crippen LogP contribution < -0.4 is 0 Å². The van der Waals surface area contributed by atoms with Gasteiger partial charge in [0.05, 0.1) is 5.76 Å². The first-order valence-electron chi connectivity index (χ1n) is 2.07. The summed E-state index contributed by atoms with van der Waals surface area (Å²) in [4.78, 5) is 8.46. The Kier molecular flexibility index (Phi) is 2.26. The zero-order valence-corrected chi connectivity index (χ0v) is 5.81. The third kappa shape index (κ3) is 5.73. The highest BCUT2D eigenvalue weighted by Gasteiger charge is 2.08. The summed E-state index contributed by atoms with van der Waals surface area (Å²) in [7, 11) is -3.32. The van der Waals surface area contributed by atoms with Crippen LogP contribution in [0.25, 0.3) is 0 Å². The van der Waals surface area contributed by atoms with Crippen LogP contribution in [0.2, 0.25) is 0 Å². The van der Waals surface area contributed by atoms with Gasteiger partial charge < -0.3 is 9.42 Å². The van der Waals surface area contributed by atoms with E-state index in [0.717, 1.165) is 6.66 Å². The van der Waals surface area contributed by atoms with Crippen LogP contribution in [-0.4, -0.2) is 11.6 Å². The van der Waals surface area contributed by atoms with Crippen molar-refractivity contribution in [2.24, 2.45) is 0 Å². The molecule has 0 heterocycles. The van der Waals surface area contributed by atoms with Gasteiger partial charge in [-0.3, -0.25) is 0 Å². The van der Waals surface area contributed by atoms with Crippen LogP contribution in [0.5, 0.6) is 0 Å². The molecule has 0 radical (unpaired) electrons. The molecule has 0 aliphatic carbocycles. The van der Waals surface area contributed by atoms with Gasteiger partial charge in [-0.2, -0.15) is 0 Å². The van der Waals surface area contributed by atoms with Crippen molar-refractivity contribution in [2.45, 2.75) is 6.92 Å². The summed E-state index contributed by atoms with van der Waals surface area (Å²) in [6.07, 6.45) is 0. The first-order valence-corrected chi connectivity index (χ1v) is 4.09. The fourth-order valence-corrected chi connectivity index (χ4v) is 0.867. The number of hydrogen-bond donors (Lipinski definition) is 1. The Morgan fingerprint density at radius 1 is 1.88 bits per heavy atom. The molecule has 0 amide bonds. The average molecular weight is 136 g/mol. The summed E-state index contributed by atoms with van der Waals surface area (Å²) < 4.78 is 14.7. The molecule has 0 rings (SSSR count). The molecule has 0 aliphatic heterocycles. The van der Waals surface area contributed by atoms with Crippen LogP contribution in [0.1, 0.15) is 6.92 Å². The van der Waals surface area contributed by atoms with Crippen LogP contribution in [0.3, 0.4) is 0 Å². The molecule has 0 spiro atoms. The second kappa shape index (κ2) is 2.33. The molecule has 1 N–H and O–H groups in total. The third-order valence-corrected chi connectivity index (χ3v) is 0.976. The fraction of sp³-hybridized carbons (Fsp3) is 0.500. The Labute approximate surface area is 48.5 Å². The van der Waals surface area contributed by atoms with Crippen LogP contribution >= 0.6 is 7.60 Å². The normalized spacial score (nSPS) is 16.9. The van der Waals surface area contributed by atoms with E-state index in [0.29, 0.717) is 0 Å². The SMILES string of the molecule is C=C(C)OP(C)(=O)O. The van der Waals surface area contributed by atoms with Gasteiger partial charge >= 0.3 is 7.60 Å². The van der Waals surface area contributed by atoms with E-state index in [9.17, 15) is 4.57 Å². The monoisotopic (exact) mass is 136 g/mol.